The van der Waals surface area contributed by atoms with E-state index in [-0.39, 0.29) is 22.4 Å². The summed E-state index contributed by atoms with van der Waals surface area (Å²) in [6.45, 7) is -0.188. The number of benzene rings is 1. The maximum absolute atomic E-state index is 12.0. The van der Waals surface area contributed by atoms with Crippen LogP contribution in [-0.2, 0) is 6.54 Å². The van der Waals surface area contributed by atoms with Crippen LogP contribution < -0.4 is 5.56 Å². The van der Waals surface area contributed by atoms with Crippen molar-refractivity contribution in [3.63, 3.8) is 0 Å². The number of carbonyl (C=O) groups is 1. The van der Waals surface area contributed by atoms with Gasteiger partial charge >= 0.3 is 0 Å². The highest BCUT2D eigenvalue weighted by atomic mass is 79.9. The van der Waals surface area contributed by atoms with Crippen molar-refractivity contribution in [2.24, 2.45) is 0 Å². The SMILES string of the molecule is O=C(Cn1ncc(Cl)c(Cl)c1=O)c1cccc(Br)c1. The van der Waals surface area contributed by atoms with E-state index in [4.69, 9.17) is 23.2 Å². The molecule has 0 aliphatic carbocycles. The zero-order valence-corrected chi connectivity index (χ0v) is 12.5. The lowest BCUT2D eigenvalue weighted by atomic mass is 10.1. The number of hydrogen-bond acceptors (Lipinski definition) is 3. The van der Waals surface area contributed by atoms with Crippen LogP contribution in [0.4, 0.5) is 0 Å². The topological polar surface area (TPSA) is 52.0 Å². The highest BCUT2D eigenvalue weighted by Crippen LogP contribution is 2.15. The van der Waals surface area contributed by atoms with E-state index >= 15 is 0 Å². The third-order valence-corrected chi connectivity index (χ3v) is 3.62. The first-order valence-electron chi connectivity index (χ1n) is 5.19. The van der Waals surface area contributed by atoms with Crippen LogP contribution in [0.15, 0.2) is 39.7 Å². The van der Waals surface area contributed by atoms with Crippen LogP contribution in [0.2, 0.25) is 10.0 Å². The number of hydrogen-bond donors (Lipinski definition) is 0. The Bertz CT molecular complexity index is 700. The van der Waals surface area contributed by atoms with Gasteiger partial charge in [0.1, 0.15) is 11.6 Å². The summed E-state index contributed by atoms with van der Waals surface area (Å²) in [6.07, 6.45) is 1.24. The number of aromatic nitrogens is 2. The van der Waals surface area contributed by atoms with E-state index in [1.165, 1.54) is 6.20 Å². The Labute approximate surface area is 127 Å². The fourth-order valence-electron chi connectivity index (χ4n) is 1.45. The van der Waals surface area contributed by atoms with Crippen LogP contribution in [0.5, 0.6) is 0 Å². The molecule has 0 saturated heterocycles. The van der Waals surface area contributed by atoms with Gasteiger partial charge in [-0.1, -0.05) is 51.3 Å². The minimum atomic E-state index is -0.586. The van der Waals surface area contributed by atoms with Gasteiger partial charge in [0.25, 0.3) is 5.56 Å². The first-order valence-corrected chi connectivity index (χ1v) is 6.74. The van der Waals surface area contributed by atoms with Crippen LogP contribution in [0.1, 0.15) is 10.4 Å². The summed E-state index contributed by atoms with van der Waals surface area (Å²) in [5.41, 5.74) is -0.105. The molecule has 0 unspecified atom stereocenters. The fraction of sp³-hybridized carbons (Fsp3) is 0.0833. The first kappa shape index (κ1) is 14.2. The molecule has 2 aromatic rings. The largest absolute Gasteiger partial charge is 0.292 e. The van der Waals surface area contributed by atoms with Gasteiger partial charge in [-0.05, 0) is 12.1 Å². The standard InChI is InChI=1S/C12H7BrCl2N2O2/c13-8-3-1-2-7(4-8)10(18)6-17-12(19)11(15)9(14)5-16-17/h1-5H,6H2. The minimum Gasteiger partial charge on any atom is -0.292 e. The van der Waals surface area contributed by atoms with Crippen molar-refractivity contribution >= 4 is 44.9 Å². The summed E-state index contributed by atoms with van der Waals surface area (Å²) in [5.74, 6) is -0.241. The maximum Gasteiger partial charge on any atom is 0.287 e. The van der Waals surface area contributed by atoms with Gasteiger partial charge in [0.05, 0.1) is 11.2 Å². The van der Waals surface area contributed by atoms with Gasteiger partial charge in [0, 0.05) is 10.0 Å². The van der Waals surface area contributed by atoms with Crippen molar-refractivity contribution < 1.29 is 4.79 Å². The van der Waals surface area contributed by atoms with Gasteiger partial charge in [-0.2, -0.15) is 5.10 Å². The molecule has 0 amide bonds. The van der Waals surface area contributed by atoms with Crippen molar-refractivity contribution in [3.05, 3.63) is 60.9 Å². The number of Topliss-reactive ketones (excluding diaryl/α,β-unsaturated/α-hetero) is 1. The van der Waals surface area contributed by atoms with Crippen molar-refractivity contribution in [2.45, 2.75) is 6.54 Å². The average molecular weight is 362 g/mol. The molecule has 98 valence electrons. The van der Waals surface area contributed by atoms with Crippen molar-refractivity contribution in [3.8, 4) is 0 Å². The lowest BCUT2D eigenvalue weighted by Crippen LogP contribution is -2.27. The molecule has 7 heteroatoms. The monoisotopic (exact) mass is 360 g/mol. The maximum atomic E-state index is 12.0. The highest BCUT2D eigenvalue weighted by molar-refractivity contribution is 9.10. The third-order valence-electron chi connectivity index (χ3n) is 2.38. The molecule has 2 rings (SSSR count). The Morgan fingerprint density at radius 3 is 2.79 bits per heavy atom. The van der Waals surface area contributed by atoms with E-state index in [2.05, 4.69) is 21.0 Å². The summed E-state index contributed by atoms with van der Waals surface area (Å²) in [5, 5.41) is 3.71. The van der Waals surface area contributed by atoms with E-state index in [1.54, 1.807) is 24.3 Å². The molecule has 0 saturated carbocycles. The van der Waals surface area contributed by atoms with Crippen molar-refractivity contribution in [2.75, 3.05) is 0 Å². The second-order valence-electron chi connectivity index (χ2n) is 3.70. The molecule has 1 aromatic carbocycles. The van der Waals surface area contributed by atoms with Crippen LogP contribution >= 0.6 is 39.1 Å². The molecule has 0 atom stereocenters. The first-order chi connectivity index (χ1) is 8.99. The van der Waals surface area contributed by atoms with E-state index in [9.17, 15) is 9.59 Å². The van der Waals surface area contributed by atoms with E-state index in [1.807, 2.05) is 0 Å². The zero-order valence-electron chi connectivity index (χ0n) is 9.44. The van der Waals surface area contributed by atoms with Gasteiger partial charge in [0.15, 0.2) is 5.78 Å². The molecule has 0 N–H and O–H groups in total. The smallest absolute Gasteiger partial charge is 0.287 e. The lowest BCUT2D eigenvalue weighted by Gasteiger charge is -2.05. The number of ketones is 1. The van der Waals surface area contributed by atoms with Gasteiger partial charge in [-0.15, -0.1) is 0 Å². The van der Waals surface area contributed by atoms with Gasteiger partial charge in [0.2, 0.25) is 0 Å². The summed E-state index contributed by atoms with van der Waals surface area (Å²) >= 11 is 14.7. The molecular weight excluding hydrogens is 355 g/mol. The summed E-state index contributed by atoms with van der Waals surface area (Å²) < 4.78 is 1.77. The quantitative estimate of drug-likeness (QED) is 0.789. The molecule has 0 bridgehead atoms. The third kappa shape index (κ3) is 3.23. The minimum absolute atomic E-state index is 0.0674. The molecule has 0 aliphatic heterocycles. The Hall–Kier alpha value is -1.17. The summed E-state index contributed by atoms with van der Waals surface area (Å²) in [7, 11) is 0. The Morgan fingerprint density at radius 1 is 1.37 bits per heavy atom. The predicted octanol–water partition coefficient (Wildman–Crippen LogP) is 3.20. The Morgan fingerprint density at radius 2 is 2.11 bits per heavy atom. The van der Waals surface area contributed by atoms with Crippen LogP contribution in [-0.4, -0.2) is 15.6 Å². The number of carbonyl (C=O) groups excluding carboxylic acids is 1. The van der Waals surface area contributed by atoms with Crippen LogP contribution in [0.3, 0.4) is 0 Å². The second-order valence-corrected chi connectivity index (χ2v) is 5.40. The molecule has 0 radical (unpaired) electrons. The molecule has 0 spiro atoms. The fourth-order valence-corrected chi connectivity index (χ4v) is 2.12. The van der Waals surface area contributed by atoms with Crippen LogP contribution in [0.25, 0.3) is 0 Å². The predicted molar refractivity (Wildman–Crippen MR) is 77.0 cm³/mol. The molecule has 0 aliphatic rings. The van der Waals surface area contributed by atoms with Gasteiger partial charge < -0.3 is 0 Å². The average Bonchev–Trinajstić information content (AvgIpc) is 2.39. The molecular formula is C12H7BrCl2N2O2. The van der Waals surface area contributed by atoms with Crippen molar-refractivity contribution in [1.82, 2.24) is 9.78 Å². The number of rotatable bonds is 3. The number of halogens is 3. The van der Waals surface area contributed by atoms with E-state index in [0.717, 1.165) is 9.15 Å². The van der Waals surface area contributed by atoms with Gasteiger partial charge in [-0.3, -0.25) is 9.59 Å². The normalized spacial score (nSPS) is 10.5. The summed E-state index contributed by atoms with van der Waals surface area (Å²) in [4.78, 5) is 23.8. The van der Waals surface area contributed by atoms with Crippen LogP contribution in [0, 0.1) is 0 Å². The van der Waals surface area contributed by atoms with Crippen molar-refractivity contribution in [1.29, 1.82) is 0 Å². The Kier molecular flexibility index (Phi) is 4.39. The summed E-state index contributed by atoms with van der Waals surface area (Å²) in [6, 6.07) is 6.88. The van der Waals surface area contributed by atoms with Gasteiger partial charge in [-0.25, -0.2) is 4.68 Å². The molecule has 4 nitrogen and oxygen atoms in total. The molecule has 19 heavy (non-hydrogen) atoms. The van der Waals surface area contributed by atoms with E-state index < -0.39 is 5.56 Å². The van der Waals surface area contributed by atoms with E-state index in [0.29, 0.717) is 5.56 Å². The molecule has 0 fully saturated rings. The second kappa shape index (κ2) is 5.86. The lowest BCUT2D eigenvalue weighted by molar-refractivity contribution is 0.0965. The molecule has 1 aromatic heterocycles. The Balaban J connectivity index is 2.30. The number of nitrogens with zero attached hydrogens (tertiary/aromatic N) is 2. The molecule has 1 heterocycles. The highest BCUT2D eigenvalue weighted by Gasteiger charge is 2.12. The zero-order chi connectivity index (χ0) is 14.0.